The van der Waals surface area contributed by atoms with Crippen molar-refractivity contribution in [2.24, 2.45) is 0 Å². The molecule has 0 aromatic heterocycles. The molecule has 0 aliphatic heterocycles. The average Bonchev–Trinajstić information content (AvgIpc) is 1.69. The molecule has 0 atom stereocenters. The summed E-state index contributed by atoms with van der Waals surface area (Å²) in [6.45, 7) is 7.14. The molecule has 0 rings (SSSR count). The van der Waals surface area contributed by atoms with E-state index in [1.54, 1.807) is 6.08 Å². The van der Waals surface area contributed by atoms with Crippen LogP contribution < -0.4 is 0 Å². The maximum atomic E-state index is 5.01. The molecule has 0 amide bonds. The SMILES string of the molecule is C.C.C=CCOCCC. The Morgan fingerprint density at radius 3 is 2.33 bits per heavy atom. The second-order valence-corrected chi connectivity index (χ2v) is 1.36. The van der Waals surface area contributed by atoms with Crippen molar-refractivity contribution in [2.75, 3.05) is 13.2 Å². The van der Waals surface area contributed by atoms with Gasteiger partial charge in [-0.1, -0.05) is 27.9 Å². The van der Waals surface area contributed by atoms with Crippen molar-refractivity contribution >= 4 is 0 Å². The first-order chi connectivity index (χ1) is 3.41. The molecule has 0 N–H and O–H groups in total. The first-order valence-electron chi connectivity index (χ1n) is 2.60. The van der Waals surface area contributed by atoms with E-state index in [4.69, 9.17) is 4.74 Å². The van der Waals surface area contributed by atoms with Crippen LogP contribution in [0.1, 0.15) is 28.2 Å². The van der Waals surface area contributed by atoms with Crippen LogP contribution in [0.5, 0.6) is 0 Å². The highest BCUT2D eigenvalue weighted by atomic mass is 16.5. The van der Waals surface area contributed by atoms with Crippen LogP contribution in [0.2, 0.25) is 0 Å². The molecule has 0 aliphatic rings. The van der Waals surface area contributed by atoms with Gasteiger partial charge in [-0.05, 0) is 6.42 Å². The summed E-state index contributed by atoms with van der Waals surface area (Å²) in [6.07, 6.45) is 2.85. The number of ether oxygens (including phenoxy) is 1. The molecule has 0 fully saturated rings. The van der Waals surface area contributed by atoms with Crippen LogP contribution in [-0.2, 0) is 4.74 Å². The van der Waals surface area contributed by atoms with Gasteiger partial charge in [0.1, 0.15) is 0 Å². The van der Waals surface area contributed by atoms with Crippen molar-refractivity contribution in [3.05, 3.63) is 12.7 Å². The van der Waals surface area contributed by atoms with Crippen molar-refractivity contribution in [3.8, 4) is 0 Å². The van der Waals surface area contributed by atoms with Gasteiger partial charge in [0.25, 0.3) is 0 Å². The lowest BCUT2D eigenvalue weighted by Gasteiger charge is -1.92. The highest BCUT2D eigenvalue weighted by molar-refractivity contribution is 4.63. The Hall–Kier alpha value is -0.300. The van der Waals surface area contributed by atoms with Crippen LogP contribution in [0, 0.1) is 0 Å². The Balaban J connectivity index is -0.000000180. The van der Waals surface area contributed by atoms with Crippen molar-refractivity contribution in [1.82, 2.24) is 0 Å². The second kappa shape index (κ2) is 15.6. The monoisotopic (exact) mass is 132 g/mol. The van der Waals surface area contributed by atoms with E-state index in [1.807, 2.05) is 0 Å². The Morgan fingerprint density at radius 2 is 2.00 bits per heavy atom. The van der Waals surface area contributed by atoms with E-state index in [2.05, 4.69) is 13.5 Å². The van der Waals surface area contributed by atoms with Crippen LogP contribution in [0.3, 0.4) is 0 Å². The van der Waals surface area contributed by atoms with Gasteiger partial charge >= 0.3 is 0 Å². The molecule has 1 heteroatoms. The molecule has 0 heterocycles. The summed E-state index contributed by atoms with van der Waals surface area (Å²) in [6, 6.07) is 0. The molecule has 0 unspecified atom stereocenters. The van der Waals surface area contributed by atoms with Gasteiger partial charge in [0.05, 0.1) is 6.61 Å². The minimum absolute atomic E-state index is 0. The molecule has 0 aliphatic carbocycles. The Kier molecular flexibility index (Phi) is 27.6. The third kappa shape index (κ3) is 18.3. The van der Waals surface area contributed by atoms with Gasteiger partial charge in [0.15, 0.2) is 0 Å². The Bertz CT molecular complexity index is 41.8. The summed E-state index contributed by atoms with van der Waals surface area (Å²) >= 11 is 0. The zero-order valence-electron chi connectivity index (χ0n) is 4.81. The van der Waals surface area contributed by atoms with Gasteiger partial charge in [-0.25, -0.2) is 0 Å². The lowest BCUT2D eigenvalue weighted by atomic mass is 10.5. The highest BCUT2D eigenvalue weighted by Crippen LogP contribution is 1.77. The molecule has 0 aromatic carbocycles. The first-order valence-corrected chi connectivity index (χ1v) is 2.60. The lowest BCUT2D eigenvalue weighted by molar-refractivity contribution is 0.163. The summed E-state index contributed by atoms with van der Waals surface area (Å²) < 4.78 is 5.01. The van der Waals surface area contributed by atoms with Crippen LogP contribution in [0.25, 0.3) is 0 Å². The molecular weight excluding hydrogens is 112 g/mol. The average molecular weight is 132 g/mol. The van der Waals surface area contributed by atoms with Crippen molar-refractivity contribution in [2.45, 2.75) is 28.2 Å². The van der Waals surface area contributed by atoms with Crippen LogP contribution in [-0.4, -0.2) is 13.2 Å². The molecule has 0 bridgehead atoms. The molecule has 0 saturated carbocycles. The van der Waals surface area contributed by atoms with E-state index >= 15 is 0 Å². The minimum Gasteiger partial charge on any atom is -0.377 e. The van der Waals surface area contributed by atoms with Crippen molar-refractivity contribution in [3.63, 3.8) is 0 Å². The molecule has 0 saturated heterocycles. The molecule has 1 nitrogen and oxygen atoms in total. The largest absolute Gasteiger partial charge is 0.377 e. The maximum Gasteiger partial charge on any atom is 0.0644 e. The van der Waals surface area contributed by atoms with Crippen LogP contribution in [0.4, 0.5) is 0 Å². The summed E-state index contributed by atoms with van der Waals surface area (Å²) in [5, 5.41) is 0. The highest BCUT2D eigenvalue weighted by Gasteiger charge is 1.74. The van der Waals surface area contributed by atoms with Gasteiger partial charge in [-0.2, -0.15) is 0 Å². The van der Waals surface area contributed by atoms with Gasteiger partial charge in [-0.15, -0.1) is 6.58 Å². The molecular formula is C8H20O. The van der Waals surface area contributed by atoms with Crippen molar-refractivity contribution < 1.29 is 4.74 Å². The zero-order valence-corrected chi connectivity index (χ0v) is 4.81. The number of hydrogen-bond donors (Lipinski definition) is 0. The fraction of sp³-hybridized carbons (Fsp3) is 0.750. The second-order valence-electron chi connectivity index (χ2n) is 1.36. The van der Waals surface area contributed by atoms with Crippen LogP contribution in [0.15, 0.2) is 12.7 Å². The summed E-state index contributed by atoms with van der Waals surface area (Å²) in [5.74, 6) is 0. The summed E-state index contributed by atoms with van der Waals surface area (Å²) in [4.78, 5) is 0. The van der Waals surface area contributed by atoms with E-state index in [9.17, 15) is 0 Å². The molecule has 0 radical (unpaired) electrons. The minimum atomic E-state index is 0. The fourth-order valence-electron chi connectivity index (χ4n) is 0.311. The number of hydrogen-bond acceptors (Lipinski definition) is 1. The van der Waals surface area contributed by atoms with E-state index in [1.165, 1.54) is 0 Å². The fourth-order valence-corrected chi connectivity index (χ4v) is 0.311. The third-order valence-corrected chi connectivity index (χ3v) is 0.584. The predicted octanol–water partition coefficient (Wildman–Crippen LogP) is 2.87. The van der Waals surface area contributed by atoms with Gasteiger partial charge in [-0.3, -0.25) is 0 Å². The molecule has 0 spiro atoms. The van der Waals surface area contributed by atoms with E-state index in [0.717, 1.165) is 13.0 Å². The quantitative estimate of drug-likeness (QED) is 0.422. The Labute approximate surface area is 59.7 Å². The lowest BCUT2D eigenvalue weighted by Crippen LogP contribution is -1.90. The van der Waals surface area contributed by atoms with Gasteiger partial charge in [0.2, 0.25) is 0 Å². The third-order valence-electron chi connectivity index (χ3n) is 0.584. The smallest absolute Gasteiger partial charge is 0.0644 e. The van der Waals surface area contributed by atoms with Gasteiger partial charge in [0, 0.05) is 6.61 Å². The maximum absolute atomic E-state index is 5.01. The summed E-state index contributed by atoms with van der Waals surface area (Å²) in [5.41, 5.74) is 0. The standard InChI is InChI=1S/C6H12O.2CH4/c1-3-5-7-6-4-2;;/h3H,1,4-6H2,2H3;2*1H4. The van der Waals surface area contributed by atoms with Crippen LogP contribution >= 0.6 is 0 Å². The Morgan fingerprint density at radius 1 is 1.44 bits per heavy atom. The first kappa shape index (κ1) is 15.9. The molecule has 58 valence electrons. The van der Waals surface area contributed by atoms with Crippen molar-refractivity contribution in [1.29, 1.82) is 0 Å². The topological polar surface area (TPSA) is 9.23 Å². The molecule has 9 heavy (non-hydrogen) atoms. The number of rotatable bonds is 4. The van der Waals surface area contributed by atoms with E-state index in [0.29, 0.717) is 6.61 Å². The normalized spacial score (nSPS) is 6.78. The zero-order chi connectivity index (χ0) is 5.54. The molecule has 0 aromatic rings. The van der Waals surface area contributed by atoms with E-state index in [-0.39, 0.29) is 14.9 Å². The van der Waals surface area contributed by atoms with Gasteiger partial charge < -0.3 is 4.74 Å². The van der Waals surface area contributed by atoms with E-state index < -0.39 is 0 Å². The summed E-state index contributed by atoms with van der Waals surface area (Å²) in [7, 11) is 0. The predicted molar refractivity (Wildman–Crippen MR) is 44.8 cm³/mol.